The number of nitrogens with zero attached hydrogens (tertiary/aromatic N) is 3. The fraction of sp³-hybridized carbons (Fsp3) is 0.389. The number of hydrogen-bond acceptors (Lipinski definition) is 5. The van der Waals surface area contributed by atoms with Crippen LogP contribution in [0.4, 0.5) is 0 Å². The lowest BCUT2D eigenvalue weighted by Crippen LogP contribution is -2.42. The Morgan fingerprint density at radius 3 is 2.76 bits per heavy atom. The van der Waals surface area contributed by atoms with Crippen molar-refractivity contribution in [1.29, 1.82) is 0 Å². The molecule has 0 radical (unpaired) electrons. The van der Waals surface area contributed by atoms with Crippen LogP contribution in [0, 0.1) is 0 Å². The van der Waals surface area contributed by atoms with Crippen LogP contribution in [0.15, 0.2) is 36.5 Å². The van der Waals surface area contributed by atoms with Crippen molar-refractivity contribution in [2.45, 2.75) is 25.4 Å². The summed E-state index contributed by atoms with van der Waals surface area (Å²) in [5.74, 6) is 0.586. The molecule has 0 saturated carbocycles. The summed E-state index contributed by atoms with van der Waals surface area (Å²) in [6.07, 6.45) is 3.49. The number of likely N-dealkylation sites (tertiary alicyclic amines) is 1. The molecular formula is C18H20ClN3O3. The first-order chi connectivity index (χ1) is 12.2. The van der Waals surface area contributed by atoms with E-state index < -0.39 is 0 Å². The molecule has 2 heterocycles. The van der Waals surface area contributed by atoms with Gasteiger partial charge in [-0.1, -0.05) is 29.8 Å². The molecule has 1 fully saturated rings. The molecule has 3 rings (SSSR count). The number of piperidine rings is 1. The highest BCUT2D eigenvalue weighted by Gasteiger charge is 2.24. The zero-order valence-electron chi connectivity index (χ0n) is 14.0. The van der Waals surface area contributed by atoms with Gasteiger partial charge in [0.15, 0.2) is 0 Å². The van der Waals surface area contributed by atoms with E-state index in [1.165, 1.54) is 7.11 Å². The van der Waals surface area contributed by atoms with Gasteiger partial charge in [-0.2, -0.15) is 4.98 Å². The SMILES string of the molecule is COc1nccc(OC2CCN(C(=O)Cc3ccccc3Cl)CC2)n1. The number of halogens is 1. The van der Waals surface area contributed by atoms with Gasteiger partial charge in [-0.3, -0.25) is 4.79 Å². The predicted molar refractivity (Wildman–Crippen MR) is 94.0 cm³/mol. The molecule has 1 saturated heterocycles. The molecule has 0 bridgehead atoms. The second-order valence-corrected chi connectivity index (χ2v) is 6.25. The smallest absolute Gasteiger partial charge is 0.319 e. The molecule has 1 aliphatic heterocycles. The molecule has 0 aliphatic carbocycles. The zero-order chi connectivity index (χ0) is 17.6. The Hall–Kier alpha value is -2.34. The standard InChI is InChI=1S/C18H20ClN3O3/c1-24-18-20-9-6-16(21-18)25-14-7-10-22(11-8-14)17(23)12-13-4-2-3-5-15(13)19/h2-6,9,14H,7-8,10-12H2,1H3. The molecule has 1 aromatic carbocycles. The number of carbonyl (C=O) groups is 1. The van der Waals surface area contributed by atoms with E-state index in [9.17, 15) is 4.79 Å². The molecule has 7 heteroatoms. The lowest BCUT2D eigenvalue weighted by Gasteiger charge is -2.32. The van der Waals surface area contributed by atoms with Gasteiger partial charge in [0.05, 0.1) is 13.5 Å². The van der Waals surface area contributed by atoms with E-state index in [-0.39, 0.29) is 18.0 Å². The first kappa shape index (κ1) is 17.5. The lowest BCUT2D eigenvalue weighted by molar-refractivity contribution is -0.132. The number of methoxy groups -OCH3 is 1. The van der Waals surface area contributed by atoms with E-state index in [1.807, 2.05) is 23.1 Å². The maximum atomic E-state index is 12.5. The number of rotatable bonds is 5. The Balaban J connectivity index is 1.51. The predicted octanol–water partition coefficient (Wildman–Crippen LogP) is 2.75. The molecule has 0 N–H and O–H groups in total. The van der Waals surface area contributed by atoms with Gasteiger partial charge in [-0.05, 0) is 11.6 Å². The summed E-state index contributed by atoms with van der Waals surface area (Å²) in [7, 11) is 1.52. The summed E-state index contributed by atoms with van der Waals surface area (Å²) >= 11 is 6.13. The van der Waals surface area contributed by atoms with Gasteiger partial charge in [-0.25, -0.2) is 4.98 Å². The van der Waals surface area contributed by atoms with Gasteiger partial charge in [0.1, 0.15) is 6.10 Å². The second kappa shape index (κ2) is 8.16. The van der Waals surface area contributed by atoms with E-state index >= 15 is 0 Å². The first-order valence-electron chi connectivity index (χ1n) is 8.20. The van der Waals surface area contributed by atoms with Crippen molar-refractivity contribution in [3.05, 3.63) is 47.1 Å². The number of ether oxygens (including phenoxy) is 2. The second-order valence-electron chi connectivity index (χ2n) is 5.85. The molecule has 1 amide bonds. The van der Waals surface area contributed by atoms with Crippen molar-refractivity contribution >= 4 is 17.5 Å². The maximum absolute atomic E-state index is 12.5. The van der Waals surface area contributed by atoms with Gasteiger partial charge >= 0.3 is 6.01 Å². The summed E-state index contributed by atoms with van der Waals surface area (Å²) < 4.78 is 10.9. The average molecular weight is 362 g/mol. The monoisotopic (exact) mass is 361 g/mol. The van der Waals surface area contributed by atoms with Crippen molar-refractivity contribution in [3.63, 3.8) is 0 Å². The van der Waals surface area contributed by atoms with Crippen molar-refractivity contribution in [3.8, 4) is 11.9 Å². The van der Waals surface area contributed by atoms with Crippen LogP contribution in [0.5, 0.6) is 11.9 Å². The average Bonchev–Trinajstić information content (AvgIpc) is 2.64. The largest absolute Gasteiger partial charge is 0.474 e. The minimum Gasteiger partial charge on any atom is -0.474 e. The molecular weight excluding hydrogens is 342 g/mol. The Morgan fingerprint density at radius 2 is 2.04 bits per heavy atom. The Labute approximate surface area is 151 Å². The Bertz CT molecular complexity index is 733. The highest BCUT2D eigenvalue weighted by atomic mass is 35.5. The van der Waals surface area contributed by atoms with Crippen molar-refractivity contribution in [2.24, 2.45) is 0 Å². The molecule has 132 valence electrons. The van der Waals surface area contributed by atoms with Crippen LogP contribution in [0.2, 0.25) is 5.02 Å². The molecule has 1 aromatic heterocycles. The first-order valence-corrected chi connectivity index (χ1v) is 8.58. The summed E-state index contributed by atoms with van der Waals surface area (Å²) in [4.78, 5) is 22.4. The van der Waals surface area contributed by atoms with E-state index in [4.69, 9.17) is 21.1 Å². The van der Waals surface area contributed by atoms with E-state index in [0.29, 0.717) is 30.4 Å². The van der Waals surface area contributed by atoms with Crippen LogP contribution < -0.4 is 9.47 Å². The van der Waals surface area contributed by atoms with Gasteiger partial charge in [0.2, 0.25) is 11.8 Å². The molecule has 0 spiro atoms. The lowest BCUT2D eigenvalue weighted by atomic mass is 10.1. The number of amides is 1. The number of hydrogen-bond donors (Lipinski definition) is 0. The summed E-state index contributed by atoms with van der Waals surface area (Å²) in [6, 6.07) is 9.44. The minimum atomic E-state index is 0.0315. The maximum Gasteiger partial charge on any atom is 0.319 e. The molecule has 25 heavy (non-hydrogen) atoms. The van der Waals surface area contributed by atoms with Gasteiger partial charge < -0.3 is 14.4 Å². The highest BCUT2D eigenvalue weighted by molar-refractivity contribution is 6.31. The van der Waals surface area contributed by atoms with Crippen LogP contribution in [0.3, 0.4) is 0 Å². The van der Waals surface area contributed by atoms with Crippen LogP contribution in [-0.2, 0) is 11.2 Å². The van der Waals surface area contributed by atoms with E-state index in [1.54, 1.807) is 18.3 Å². The third-order valence-corrected chi connectivity index (χ3v) is 4.54. The highest BCUT2D eigenvalue weighted by Crippen LogP contribution is 2.20. The van der Waals surface area contributed by atoms with Crippen LogP contribution >= 0.6 is 11.6 Å². The zero-order valence-corrected chi connectivity index (χ0v) is 14.8. The molecule has 0 unspecified atom stereocenters. The summed E-state index contributed by atoms with van der Waals surface area (Å²) in [5.41, 5.74) is 0.862. The number of benzene rings is 1. The fourth-order valence-electron chi connectivity index (χ4n) is 2.80. The molecule has 2 aromatic rings. The summed E-state index contributed by atoms with van der Waals surface area (Å²) in [5, 5.41) is 0.631. The fourth-order valence-corrected chi connectivity index (χ4v) is 3.00. The van der Waals surface area contributed by atoms with Crippen LogP contribution in [0.25, 0.3) is 0 Å². The van der Waals surface area contributed by atoms with Gasteiger partial charge in [-0.15, -0.1) is 0 Å². The molecule has 0 atom stereocenters. The van der Waals surface area contributed by atoms with Gasteiger partial charge in [0, 0.05) is 43.2 Å². The molecule has 1 aliphatic rings. The Morgan fingerprint density at radius 1 is 1.28 bits per heavy atom. The van der Waals surface area contributed by atoms with Crippen LogP contribution in [0.1, 0.15) is 18.4 Å². The summed E-state index contributed by atoms with van der Waals surface area (Å²) in [6.45, 7) is 1.33. The third kappa shape index (κ3) is 4.60. The normalized spacial score (nSPS) is 15.0. The van der Waals surface area contributed by atoms with Crippen LogP contribution in [-0.4, -0.2) is 47.1 Å². The number of aromatic nitrogens is 2. The number of carbonyl (C=O) groups excluding carboxylic acids is 1. The Kier molecular flexibility index (Phi) is 5.71. The molecule has 6 nitrogen and oxygen atoms in total. The van der Waals surface area contributed by atoms with Crippen molar-refractivity contribution < 1.29 is 14.3 Å². The van der Waals surface area contributed by atoms with Crippen molar-refractivity contribution in [1.82, 2.24) is 14.9 Å². The minimum absolute atomic E-state index is 0.0315. The topological polar surface area (TPSA) is 64.6 Å². The van der Waals surface area contributed by atoms with Gasteiger partial charge in [0.25, 0.3) is 0 Å². The quantitative estimate of drug-likeness (QED) is 0.819. The third-order valence-electron chi connectivity index (χ3n) is 4.17. The van der Waals surface area contributed by atoms with E-state index in [0.717, 1.165) is 18.4 Å². The van der Waals surface area contributed by atoms with E-state index in [2.05, 4.69) is 9.97 Å². The van der Waals surface area contributed by atoms with Crippen molar-refractivity contribution in [2.75, 3.05) is 20.2 Å².